The van der Waals surface area contributed by atoms with Crippen molar-refractivity contribution in [2.45, 2.75) is 0 Å². The average molecular weight is 424 g/mol. The van der Waals surface area contributed by atoms with Crippen LogP contribution in [0.25, 0.3) is 0 Å². The predicted molar refractivity (Wildman–Crippen MR) is 85.3 cm³/mol. The normalized spacial score (nSPS) is 10.1. The number of rotatable bonds is 4. The molecule has 0 heterocycles. The van der Waals surface area contributed by atoms with Crippen LogP contribution in [0.1, 0.15) is 0 Å². The lowest BCUT2D eigenvalue weighted by Gasteiger charge is -2.09. The van der Waals surface area contributed by atoms with E-state index in [0.29, 0.717) is 21.5 Å². The number of benzene rings is 2. The maximum absolute atomic E-state index is 6.00. The third kappa shape index (κ3) is 4.31. The fourth-order valence-electron chi connectivity index (χ4n) is 1.27. The van der Waals surface area contributed by atoms with Crippen LogP contribution in [0.3, 0.4) is 0 Å². The van der Waals surface area contributed by atoms with Crippen LogP contribution >= 0.6 is 55.1 Å². The van der Waals surface area contributed by atoms with Gasteiger partial charge in [-0.3, -0.25) is 0 Å². The molecule has 19 heavy (non-hydrogen) atoms. The third-order valence-corrected chi connectivity index (χ3v) is 3.72. The summed E-state index contributed by atoms with van der Waals surface area (Å²) in [5.41, 5.74) is 0. The molecular formula is C12H6BBr2Cl2O2. The lowest BCUT2D eigenvalue weighted by atomic mass is 10.3. The molecule has 0 saturated carbocycles. The number of hydrogen-bond donors (Lipinski definition) is 0. The van der Waals surface area contributed by atoms with Gasteiger partial charge in [0.15, 0.2) is 0 Å². The molecule has 7 heteroatoms. The van der Waals surface area contributed by atoms with Gasteiger partial charge in [-0.1, -0.05) is 55.1 Å². The molecule has 2 aromatic rings. The molecule has 0 spiro atoms. The van der Waals surface area contributed by atoms with E-state index in [2.05, 4.69) is 31.9 Å². The van der Waals surface area contributed by atoms with Crippen molar-refractivity contribution in [1.82, 2.24) is 0 Å². The molecule has 0 aliphatic carbocycles. The van der Waals surface area contributed by atoms with Crippen LogP contribution in [0, 0.1) is 0 Å². The SMILES string of the molecule is Clc1cc(Br)ccc1O[B]Oc1ccc(Br)cc1Cl. The molecule has 2 nitrogen and oxygen atoms in total. The summed E-state index contributed by atoms with van der Waals surface area (Å²) in [6.07, 6.45) is 0. The lowest BCUT2D eigenvalue weighted by molar-refractivity contribution is 0.459. The summed E-state index contributed by atoms with van der Waals surface area (Å²) in [4.78, 5) is 0. The second-order valence-corrected chi connectivity index (χ2v) is 6.13. The van der Waals surface area contributed by atoms with Crippen LogP contribution in [-0.4, -0.2) is 7.69 Å². The predicted octanol–water partition coefficient (Wildman–Crippen LogP) is 5.51. The van der Waals surface area contributed by atoms with Gasteiger partial charge in [0, 0.05) is 8.95 Å². The minimum Gasteiger partial charge on any atom is -0.525 e. The second kappa shape index (κ2) is 6.89. The standard InChI is InChI=1S/C12H6BBr2Cl2O2/c14-7-1-3-11(9(16)5-7)18-13-19-12-4-2-8(15)6-10(12)17/h1-6H. The van der Waals surface area contributed by atoms with Crippen LogP contribution in [0.2, 0.25) is 10.0 Å². The molecule has 2 rings (SSSR count). The maximum atomic E-state index is 6.00. The fourth-order valence-corrected chi connectivity index (χ4v) is 2.71. The Bertz CT molecular complexity index is 544. The van der Waals surface area contributed by atoms with Gasteiger partial charge >= 0.3 is 7.69 Å². The molecule has 0 unspecified atom stereocenters. The largest absolute Gasteiger partial charge is 0.658 e. The Morgan fingerprint density at radius 3 is 1.58 bits per heavy atom. The van der Waals surface area contributed by atoms with Gasteiger partial charge < -0.3 is 9.31 Å². The van der Waals surface area contributed by atoms with Gasteiger partial charge in [0.05, 0.1) is 10.0 Å². The van der Waals surface area contributed by atoms with Crippen molar-refractivity contribution in [3.63, 3.8) is 0 Å². The van der Waals surface area contributed by atoms with Crippen molar-refractivity contribution in [3.8, 4) is 11.5 Å². The summed E-state index contributed by atoms with van der Waals surface area (Å²) in [6.45, 7) is 0. The first-order valence-electron chi connectivity index (χ1n) is 5.11. The highest BCUT2D eigenvalue weighted by molar-refractivity contribution is 9.10. The number of halogens is 4. The Morgan fingerprint density at radius 1 is 0.789 bits per heavy atom. The lowest BCUT2D eigenvalue weighted by Crippen LogP contribution is -2.11. The first kappa shape index (κ1) is 15.0. The van der Waals surface area contributed by atoms with Gasteiger partial charge in [-0.25, -0.2) is 0 Å². The van der Waals surface area contributed by atoms with Gasteiger partial charge in [0.1, 0.15) is 11.5 Å². The molecule has 2 aromatic carbocycles. The summed E-state index contributed by atoms with van der Waals surface area (Å²) in [5.74, 6) is 0.996. The monoisotopic (exact) mass is 421 g/mol. The highest BCUT2D eigenvalue weighted by Gasteiger charge is 2.08. The molecular weight excluding hydrogens is 418 g/mol. The summed E-state index contributed by atoms with van der Waals surface area (Å²) < 4.78 is 12.4. The molecule has 0 bridgehead atoms. The fraction of sp³-hybridized carbons (Fsp3) is 0. The van der Waals surface area contributed by atoms with E-state index in [1.165, 1.54) is 7.69 Å². The van der Waals surface area contributed by atoms with Crippen LogP contribution in [0.5, 0.6) is 11.5 Å². The van der Waals surface area contributed by atoms with Crippen molar-refractivity contribution in [1.29, 1.82) is 0 Å². The van der Waals surface area contributed by atoms with Crippen LogP contribution < -0.4 is 9.31 Å². The Morgan fingerprint density at radius 2 is 1.21 bits per heavy atom. The first-order valence-corrected chi connectivity index (χ1v) is 7.45. The second-order valence-electron chi connectivity index (χ2n) is 3.48. The minimum atomic E-state index is 0.483. The summed E-state index contributed by atoms with van der Waals surface area (Å²) in [5, 5.41) is 0.965. The van der Waals surface area contributed by atoms with Gasteiger partial charge in [-0.15, -0.1) is 0 Å². The Labute approximate surface area is 138 Å². The number of hydrogen-bond acceptors (Lipinski definition) is 2. The van der Waals surface area contributed by atoms with E-state index in [1.807, 2.05) is 12.1 Å². The minimum absolute atomic E-state index is 0.483. The topological polar surface area (TPSA) is 18.5 Å². The van der Waals surface area contributed by atoms with Gasteiger partial charge in [0.2, 0.25) is 0 Å². The van der Waals surface area contributed by atoms with Crippen molar-refractivity contribution in [2.24, 2.45) is 0 Å². The zero-order valence-electron chi connectivity index (χ0n) is 9.37. The zero-order valence-corrected chi connectivity index (χ0v) is 14.1. The van der Waals surface area contributed by atoms with E-state index in [9.17, 15) is 0 Å². The average Bonchev–Trinajstić information content (AvgIpc) is 2.34. The Kier molecular flexibility index (Phi) is 5.45. The van der Waals surface area contributed by atoms with Gasteiger partial charge in [-0.2, -0.15) is 0 Å². The van der Waals surface area contributed by atoms with Crippen LogP contribution in [0.15, 0.2) is 45.3 Å². The van der Waals surface area contributed by atoms with Crippen LogP contribution in [-0.2, 0) is 0 Å². The molecule has 1 radical (unpaired) electrons. The summed E-state index contributed by atoms with van der Waals surface area (Å²) in [6, 6.07) is 10.6. The molecule has 0 aliphatic heterocycles. The van der Waals surface area contributed by atoms with Crippen LogP contribution in [0.4, 0.5) is 0 Å². The Balaban J connectivity index is 1.96. The highest BCUT2D eigenvalue weighted by atomic mass is 79.9. The molecule has 0 atom stereocenters. The summed E-state index contributed by atoms with van der Waals surface area (Å²) in [7, 11) is 1.18. The highest BCUT2D eigenvalue weighted by Crippen LogP contribution is 2.29. The van der Waals surface area contributed by atoms with Gasteiger partial charge in [0.25, 0.3) is 0 Å². The molecule has 0 N–H and O–H groups in total. The van der Waals surface area contributed by atoms with Crippen molar-refractivity contribution in [2.75, 3.05) is 0 Å². The molecule has 97 valence electrons. The van der Waals surface area contributed by atoms with E-state index in [1.54, 1.807) is 24.3 Å². The van der Waals surface area contributed by atoms with E-state index in [-0.39, 0.29) is 0 Å². The molecule has 0 aromatic heterocycles. The van der Waals surface area contributed by atoms with E-state index in [4.69, 9.17) is 32.5 Å². The Hall–Kier alpha value is -0.355. The molecule has 0 saturated heterocycles. The first-order chi connectivity index (χ1) is 9.06. The van der Waals surface area contributed by atoms with E-state index < -0.39 is 0 Å². The molecule has 0 aliphatic rings. The smallest absolute Gasteiger partial charge is 0.525 e. The zero-order chi connectivity index (χ0) is 13.8. The third-order valence-electron chi connectivity index (χ3n) is 2.14. The van der Waals surface area contributed by atoms with Crippen molar-refractivity contribution in [3.05, 3.63) is 55.4 Å². The molecule has 0 amide bonds. The van der Waals surface area contributed by atoms with E-state index >= 15 is 0 Å². The van der Waals surface area contributed by atoms with Crippen molar-refractivity contribution >= 4 is 62.7 Å². The quantitative estimate of drug-likeness (QED) is 0.604. The van der Waals surface area contributed by atoms with E-state index in [0.717, 1.165) is 8.95 Å². The molecule has 0 fully saturated rings. The maximum Gasteiger partial charge on any atom is 0.658 e. The van der Waals surface area contributed by atoms with Crippen molar-refractivity contribution < 1.29 is 9.31 Å². The summed E-state index contributed by atoms with van der Waals surface area (Å²) >= 11 is 18.6. The van der Waals surface area contributed by atoms with Gasteiger partial charge in [-0.05, 0) is 36.4 Å².